The van der Waals surface area contributed by atoms with Crippen LogP contribution in [0.5, 0.6) is 0 Å². The van der Waals surface area contributed by atoms with E-state index in [1.807, 2.05) is 0 Å². The van der Waals surface area contributed by atoms with Gasteiger partial charge in [0.05, 0.1) is 5.69 Å². The lowest BCUT2D eigenvalue weighted by Gasteiger charge is -2.10. The van der Waals surface area contributed by atoms with Crippen LogP contribution in [0.4, 0.5) is 14.5 Å². The van der Waals surface area contributed by atoms with Crippen molar-refractivity contribution < 1.29 is 13.6 Å². The van der Waals surface area contributed by atoms with Crippen molar-refractivity contribution in [3.63, 3.8) is 0 Å². The van der Waals surface area contributed by atoms with Crippen molar-refractivity contribution in [2.75, 3.05) is 5.32 Å². The third kappa shape index (κ3) is 4.41. The van der Waals surface area contributed by atoms with E-state index < -0.39 is 5.76 Å². The molecule has 0 radical (unpaired) electrons. The highest BCUT2D eigenvalue weighted by molar-refractivity contribution is 7.99. The number of para-hydroxylation sites is 1. The molecule has 0 fully saturated rings. The number of anilines is 1. The number of amides is 1. The number of thiazole rings is 1. The number of aromatic nitrogens is 1. The molecule has 0 saturated carbocycles. The fourth-order valence-electron chi connectivity index (χ4n) is 1.87. The molecule has 4 nitrogen and oxygen atoms in total. The first kappa shape index (κ1) is 16.7. The van der Waals surface area contributed by atoms with Crippen LogP contribution >= 0.6 is 23.1 Å². The van der Waals surface area contributed by atoms with Crippen LogP contribution in [-0.2, 0) is 11.3 Å². The number of rotatable bonds is 6. The molecule has 0 spiro atoms. The minimum absolute atomic E-state index is 0.102. The van der Waals surface area contributed by atoms with Crippen molar-refractivity contribution in [2.45, 2.75) is 30.5 Å². The fraction of sp³-hybridized carbons (Fsp3) is 0.286. The first-order valence-corrected chi connectivity index (χ1v) is 8.22. The molecule has 0 unspecified atom stereocenters. The number of halogens is 2. The number of benzene rings is 1. The molecule has 118 valence electrons. The summed E-state index contributed by atoms with van der Waals surface area (Å²) in [7, 11) is 0. The zero-order valence-electron chi connectivity index (χ0n) is 11.7. The van der Waals surface area contributed by atoms with Gasteiger partial charge in [0.25, 0.3) is 5.76 Å². The van der Waals surface area contributed by atoms with Gasteiger partial charge in [-0.05, 0) is 19.1 Å². The number of hydrogen-bond donors (Lipinski definition) is 1. The van der Waals surface area contributed by atoms with Gasteiger partial charge in [0.15, 0.2) is 0 Å². The molecular formula is C14H14F2N2O2S2. The Balaban J connectivity index is 1.99. The molecule has 0 saturated heterocycles. The van der Waals surface area contributed by atoms with Crippen LogP contribution < -0.4 is 10.2 Å². The summed E-state index contributed by atoms with van der Waals surface area (Å²) in [5, 5.41) is 4.34. The summed E-state index contributed by atoms with van der Waals surface area (Å²) in [6.45, 7) is 2.06. The van der Waals surface area contributed by atoms with Crippen molar-refractivity contribution in [2.24, 2.45) is 0 Å². The zero-order chi connectivity index (χ0) is 16.1. The molecule has 2 rings (SSSR count). The summed E-state index contributed by atoms with van der Waals surface area (Å²) < 4.78 is 26.5. The molecule has 0 atom stereocenters. The Morgan fingerprint density at radius 1 is 1.41 bits per heavy atom. The zero-order valence-corrected chi connectivity index (χ0v) is 13.3. The Bertz CT molecular complexity index is 713. The van der Waals surface area contributed by atoms with Crippen molar-refractivity contribution in [3.05, 3.63) is 45.0 Å². The summed E-state index contributed by atoms with van der Waals surface area (Å²) >= 11 is 1.47. The normalized spacial score (nSPS) is 10.9. The number of carbonyl (C=O) groups excluding carboxylic acids is 1. The second-order valence-electron chi connectivity index (χ2n) is 4.47. The van der Waals surface area contributed by atoms with Crippen LogP contribution in [0.3, 0.4) is 0 Å². The van der Waals surface area contributed by atoms with Gasteiger partial charge in [-0.25, -0.2) is 0 Å². The van der Waals surface area contributed by atoms with Crippen LogP contribution in [0.2, 0.25) is 0 Å². The summed E-state index contributed by atoms with van der Waals surface area (Å²) in [6.07, 6.45) is 0.102. The van der Waals surface area contributed by atoms with Crippen LogP contribution in [-0.4, -0.2) is 16.2 Å². The van der Waals surface area contributed by atoms with Crippen LogP contribution in [0.25, 0.3) is 0 Å². The van der Waals surface area contributed by atoms with Gasteiger partial charge in [0.2, 0.25) is 5.91 Å². The number of aryl methyl sites for hydroxylation is 1. The maximum atomic E-state index is 12.5. The van der Waals surface area contributed by atoms with E-state index >= 15 is 0 Å². The molecule has 8 heteroatoms. The van der Waals surface area contributed by atoms with E-state index in [9.17, 15) is 18.4 Å². The molecule has 0 bridgehead atoms. The smallest absolute Gasteiger partial charge is 0.307 e. The van der Waals surface area contributed by atoms with Crippen LogP contribution in [0, 0.1) is 6.92 Å². The Kier molecular flexibility index (Phi) is 5.73. The van der Waals surface area contributed by atoms with Crippen LogP contribution in [0.15, 0.2) is 39.3 Å². The fourth-order valence-corrected chi connectivity index (χ4v) is 3.23. The Morgan fingerprint density at radius 3 is 2.77 bits per heavy atom. The molecule has 1 amide bonds. The van der Waals surface area contributed by atoms with E-state index in [0.717, 1.165) is 17.0 Å². The number of hydrogen-bond acceptors (Lipinski definition) is 4. The minimum atomic E-state index is -2.55. The lowest BCUT2D eigenvalue weighted by Crippen LogP contribution is -2.20. The van der Waals surface area contributed by atoms with Gasteiger partial charge < -0.3 is 9.88 Å². The Labute approximate surface area is 134 Å². The highest BCUT2D eigenvalue weighted by Gasteiger charge is 2.12. The lowest BCUT2D eigenvalue weighted by atomic mass is 10.3. The van der Waals surface area contributed by atoms with Crippen molar-refractivity contribution in [3.8, 4) is 0 Å². The monoisotopic (exact) mass is 344 g/mol. The Morgan fingerprint density at radius 2 is 2.14 bits per heavy atom. The number of alkyl halides is 2. The SMILES string of the molecule is Cc1csc(=O)n1CCC(=O)Nc1ccccc1SC(F)F. The van der Waals surface area contributed by atoms with E-state index in [2.05, 4.69) is 5.32 Å². The van der Waals surface area contributed by atoms with Gasteiger partial charge in [-0.2, -0.15) is 8.78 Å². The third-order valence-corrected chi connectivity index (χ3v) is 4.59. The van der Waals surface area contributed by atoms with E-state index in [-0.39, 0.29) is 23.7 Å². The van der Waals surface area contributed by atoms with Gasteiger partial charge in [-0.3, -0.25) is 9.59 Å². The summed E-state index contributed by atoms with van der Waals surface area (Å²) in [5.41, 5.74) is 1.16. The van der Waals surface area contributed by atoms with Crippen molar-refractivity contribution in [1.82, 2.24) is 4.57 Å². The van der Waals surface area contributed by atoms with Crippen molar-refractivity contribution >= 4 is 34.7 Å². The number of nitrogens with zero attached hydrogens (tertiary/aromatic N) is 1. The van der Waals surface area contributed by atoms with E-state index in [4.69, 9.17) is 0 Å². The predicted molar refractivity (Wildman–Crippen MR) is 84.9 cm³/mol. The van der Waals surface area contributed by atoms with Gasteiger partial charge in [-0.15, -0.1) is 0 Å². The number of thioether (sulfide) groups is 1. The highest BCUT2D eigenvalue weighted by Crippen LogP contribution is 2.31. The lowest BCUT2D eigenvalue weighted by molar-refractivity contribution is -0.116. The quantitative estimate of drug-likeness (QED) is 0.815. The summed E-state index contributed by atoms with van der Waals surface area (Å²) in [5.74, 6) is -2.87. The molecule has 0 aliphatic heterocycles. The standard InChI is InChI=1S/C14H14F2N2O2S2/c1-9-8-21-14(20)18(9)7-6-12(19)17-10-4-2-3-5-11(10)22-13(15)16/h2-5,8,13H,6-7H2,1H3,(H,17,19). The third-order valence-electron chi connectivity index (χ3n) is 2.92. The first-order chi connectivity index (χ1) is 10.5. The maximum Gasteiger partial charge on any atom is 0.307 e. The molecule has 2 aromatic rings. The average Bonchev–Trinajstić information content (AvgIpc) is 2.77. The van der Waals surface area contributed by atoms with E-state index in [1.165, 1.54) is 10.6 Å². The predicted octanol–water partition coefficient (Wildman–Crippen LogP) is 3.56. The molecule has 1 aromatic carbocycles. The van der Waals surface area contributed by atoms with Gasteiger partial charge in [-0.1, -0.05) is 35.2 Å². The van der Waals surface area contributed by atoms with E-state index in [1.54, 1.807) is 30.5 Å². The summed E-state index contributed by atoms with van der Waals surface area (Å²) in [6, 6.07) is 6.40. The van der Waals surface area contributed by atoms with E-state index in [0.29, 0.717) is 22.3 Å². The largest absolute Gasteiger partial charge is 0.325 e. The molecule has 22 heavy (non-hydrogen) atoms. The molecule has 1 N–H and O–H groups in total. The first-order valence-electron chi connectivity index (χ1n) is 6.46. The molecular weight excluding hydrogens is 330 g/mol. The topological polar surface area (TPSA) is 51.1 Å². The number of nitrogens with one attached hydrogen (secondary N) is 1. The maximum absolute atomic E-state index is 12.5. The van der Waals surface area contributed by atoms with Crippen molar-refractivity contribution in [1.29, 1.82) is 0 Å². The Hall–Kier alpha value is -1.67. The minimum Gasteiger partial charge on any atom is -0.325 e. The highest BCUT2D eigenvalue weighted by atomic mass is 32.2. The van der Waals surface area contributed by atoms with Gasteiger partial charge in [0.1, 0.15) is 0 Å². The molecule has 0 aliphatic carbocycles. The van der Waals surface area contributed by atoms with Gasteiger partial charge in [0, 0.05) is 28.9 Å². The second-order valence-corrected chi connectivity index (χ2v) is 6.32. The number of carbonyl (C=O) groups is 1. The molecule has 1 aromatic heterocycles. The average molecular weight is 344 g/mol. The molecule has 0 aliphatic rings. The van der Waals surface area contributed by atoms with Crippen LogP contribution in [0.1, 0.15) is 12.1 Å². The van der Waals surface area contributed by atoms with Gasteiger partial charge >= 0.3 is 4.87 Å². The second kappa shape index (κ2) is 7.55. The molecule has 1 heterocycles. The summed E-state index contributed by atoms with van der Waals surface area (Å²) in [4.78, 5) is 23.7.